The molecule has 0 fully saturated rings. The smallest absolute Gasteiger partial charge is 0.240 e. The molecule has 1 aromatic heterocycles. The van der Waals surface area contributed by atoms with Crippen LogP contribution in [0.25, 0.3) is 11.4 Å². The van der Waals surface area contributed by atoms with Crippen molar-refractivity contribution in [3.63, 3.8) is 0 Å². The average Bonchev–Trinajstić information content (AvgIpc) is 3.14. The lowest BCUT2D eigenvalue weighted by Crippen LogP contribution is -2.27. The van der Waals surface area contributed by atoms with E-state index in [-0.39, 0.29) is 11.3 Å². The van der Waals surface area contributed by atoms with Gasteiger partial charge in [-0.3, -0.25) is 9.36 Å². The van der Waals surface area contributed by atoms with E-state index in [9.17, 15) is 4.79 Å². The first-order valence-electron chi connectivity index (χ1n) is 10.3. The van der Waals surface area contributed by atoms with Gasteiger partial charge in [0.2, 0.25) is 5.91 Å². The van der Waals surface area contributed by atoms with Crippen LogP contribution in [-0.2, 0) is 16.8 Å². The Balaban J connectivity index is 1.99. The van der Waals surface area contributed by atoms with E-state index in [4.69, 9.17) is 0 Å². The number of hydrogen-bond acceptors (Lipinski definition) is 4. The molecule has 0 spiro atoms. The number of carbonyl (C=O) groups excluding carboxylic acids is 1. The summed E-state index contributed by atoms with van der Waals surface area (Å²) in [5, 5.41) is 9.20. The highest BCUT2D eigenvalue weighted by Gasteiger charge is 2.27. The van der Waals surface area contributed by atoms with Crippen LogP contribution < -0.4 is 0 Å². The van der Waals surface area contributed by atoms with Crippen LogP contribution in [0.15, 0.2) is 72.4 Å². The number of benzene rings is 2. The Morgan fingerprint density at radius 2 is 1.74 bits per heavy atom. The van der Waals surface area contributed by atoms with E-state index in [2.05, 4.69) is 61.8 Å². The van der Waals surface area contributed by atoms with Crippen LogP contribution in [0.4, 0.5) is 0 Å². The van der Waals surface area contributed by atoms with Gasteiger partial charge < -0.3 is 4.90 Å². The summed E-state index contributed by atoms with van der Waals surface area (Å²) in [6, 6.07) is 18.2. The first-order valence-corrected chi connectivity index (χ1v) is 11.2. The molecule has 1 atom stereocenters. The number of hydrogen-bond donors (Lipinski definition) is 0. The SMILES string of the molecule is C=CCn1c(SC(C(=O)N(C)C)c2ccccc2)nnc1-c1ccc(C(C)(C)C)cc1. The minimum absolute atomic E-state index is 0.0143. The highest BCUT2D eigenvalue weighted by Crippen LogP contribution is 2.37. The predicted molar refractivity (Wildman–Crippen MR) is 128 cm³/mol. The minimum Gasteiger partial charge on any atom is -0.348 e. The zero-order valence-corrected chi connectivity index (χ0v) is 19.7. The summed E-state index contributed by atoms with van der Waals surface area (Å²) in [7, 11) is 3.55. The van der Waals surface area contributed by atoms with Crippen LogP contribution in [0.1, 0.15) is 37.1 Å². The van der Waals surface area contributed by atoms with Crippen LogP contribution >= 0.6 is 11.8 Å². The Bertz CT molecular complexity index is 1030. The highest BCUT2D eigenvalue weighted by molar-refractivity contribution is 8.00. The second kappa shape index (κ2) is 9.52. The minimum atomic E-state index is -0.403. The van der Waals surface area contributed by atoms with Crippen LogP contribution in [0, 0.1) is 0 Å². The van der Waals surface area contributed by atoms with Crippen molar-refractivity contribution in [2.75, 3.05) is 14.1 Å². The number of allylic oxidation sites excluding steroid dienone is 1. The molecule has 162 valence electrons. The summed E-state index contributed by atoms with van der Waals surface area (Å²) < 4.78 is 2.02. The lowest BCUT2D eigenvalue weighted by atomic mass is 9.87. The fourth-order valence-electron chi connectivity index (χ4n) is 3.23. The lowest BCUT2D eigenvalue weighted by molar-refractivity contribution is -0.128. The molecule has 0 aliphatic carbocycles. The molecular weight excluding hydrogens is 404 g/mol. The lowest BCUT2D eigenvalue weighted by Gasteiger charge is -2.20. The molecule has 0 bridgehead atoms. The molecule has 0 radical (unpaired) electrons. The van der Waals surface area contributed by atoms with Gasteiger partial charge in [-0.25, -0.2) is 0 Å². The Morgan fingerprint density at radius 1 is 1.10 bits per heavy atom. The zero-order valence-electron chi connectivity index (χ0n) is 18.9. The first-order chi connectivity index (χ1) is 14.7. The van der Waals surface area contributed by atoms with Gasteiger partial charge in [0.25, 0.3) is 0 Å². The Morgan fingerprint density at radius 3 is 2.29 bits per heavy atom. The number of rotatable bonds is 7. The van der Waals surface area contributed by atoms with Crippen molar-refractivity contribution in [2.24, 2.45) is 0 Å². The van der Waals surface area contributed by atoms with E-state index in [1.54, 1.807) is 19.0 Å². The average molecular weight is 435 g/mol. The van der Waals surface area contributed by atoms with Gasteiger partial charge >= 0.3 is 0 Å². The molecule has 3 aromatic rings. The number of aromatic nitrogens is 3. The first kappa shape index (κ1) is 22.8. The number of amides is 1. The molecule has 0 saturated carbocycles. The molecule has 6 heteroatoms. The molecule has 31 heavy (non-hydrogen) atoms. The van der Waals surface area contributed by atoms with E-state index < -0.39 is 5.25 Å². The van der Waals surface area contributed by atoms with Gasteiger partial charge in [-0.1, -0.05) is 93.2 Å². The Hall–Kier alpha value is -2.86. The Labute approximate surface area is 189 Å². The quantitative estimate of drug-likeness (QED) is 0.371. The molecular formula is C25H30N4OS. The summed E-state index contributed by atoms with van der Waals surface area (Å²) >= 11 is 1.42. The maximum atomic E-state index is 13.0. The van der Waals surface area contributed by atoms with Gasteiger partial charge in [0.15, 0.2) is 11.0 Å². The fourth-order valence-corrected chi connectivity index (χ4v) is 4.42. The monoisotopic (exact) mass is 434 g/mol. The van der Waals surface area contributed by atoms with Crippen molar-refractivity contribution in [1.29, 1.82) is 0 Å². The second-order valence-corrected chi connectivity index (χ2v) is 9.75. The number of thioether (sulfide) groups is 1. The second-order valence-electron chi connectivity index (χ2n) is 8.67. The van der Waals surface area contributed by atoms with E-state index >= 15 is 0 Å². The molecule has 1 amide bonds. The molecule has 1 unspecified atom stereocenters. The maximum absolute atomic E-state index is 13.0. The maximum Gasteiger partial charge on any atom is 0.240 e. The fraction of sp³-hybridized carbons (Fsp3) is 0.320. The van der Waals surface area contributed by atoms with Gasteiger partial charge in [-0.05, 0) is 16.5 Å². The van der Waals surface area contributed by atoms with Gasteiger partial charge in [0, 0.05) is 26.2 Å². The number of nitrogens with zero attached hydrogens (tertiary/aromatic N) is 4. The molecule has 3 rings (SSSR count). The van der Waals surface area contributed by atoms with Crippen molar-refractivity contribution in [3.8, 4) is 11.4 Å². The molecule has 5 nitrogen and oxygen atoms in total. The molecule has 1 heterocycles. The van der Waals surface area contributed by atoms with Gasteiger partial charge in [-0.2, -0.15) is 0 Å². The van der Waals surface area contributed by atoms with Crippen LogP contribution in [0.2, 0.25) is 0 Å². The largest absolute Gasteiger partial charge is 0.348 e. The van der Waals surface area contributed by atoms with Gasteiger partial charge in [0.1, 0.15) is 5.25 Å². The molecule has 0 saturated heterocycles. The van der Waals surface area contributed by atoms with Gasteiger partial charge in [0.05, 0.1) is 0 Å². The standard InChI is InChI=1S/C25H30N4OS/c1-7-17-29-22(19-13-15-20(16-14-19)25(2,3)4)26-27-24(29)31-21(23(30)28(5)6)18-11-9-8-10-12-18/h7-16,21H,1,17H2,2-6H3. The third kappa shape index (κ3) is 5.25. The number of carbonyl (C=O) groups is 1. The summed E-state index contributed by atoms with van der Waals surface area (Å²) in [6.45, 7) is 11.0. The summed E-state index contributed by atoms with van der Waals surface area (Å²) in [6.07, 6.45) is 1.83. The van der Waals surface area contributed by atoms with E-state index in [1.807, 2.05) is 41.0 Å². The van der Waals surface area contributed by atoms with Crippen molar-refractivity contribution in [3.05, 3.63) is 78.4 Å². The normalized spacial score (nSPS) is 12.4. The molecule has 2 aromatic carbocycles. The molecule has 0 aliphatic heterocycles. The molecule has 0 N–H and O–H groups in total. The third-order valence-corrected chi connectivity index (χ3v) is 6.25. The predicted octanol–water partition coefficient (Wildman–Crippen LogP) is 5.35. The van der Waals surface area contributed by atoms with Crippen molar-refractivity contribution in [1.82, 2.24) is 19.7 Å². The van der Waals surface area contributed by atoms with E-state index in [1.165, 1.54) is 17.3 Å². The summed E-state index contributed by atoms with van der Waals surface area (Å²) in [4.78, 5) is 14.6. The van der Waals surface area contributed by atoms with E-state index in [0.717, 1.165) is 17.0 Å². The van der Waals surface area contributed by atoms with Gasteiger partial charge in [-0.15, -0.1) is 16.8 Å². The van der Waals surface area contributed by atoms with Crippen molar-refractivity contribution in [2.45, 2.75) is 43.1 Å². The highest BCUT2D eigenvalue weighted by atomic mass is 32.2. The third-order valence-electron chi connectivity index (χ3n) is 5.03. The van der Waals surface area contributed by atoms with Crippen molar-refractivity contribution >= 4 is 17.7 Å². The summed E-state index contributed by atoms with van der Waals surface area (Å²) in [5.74, 6) is 0.785. The van der Waals surface area contributed by atoms with Crippen molar-refractivity contribution < 1.29 is 4.79 Å². The van der Waals surface area contributed by atoms with E-state index in [0.29, 0.717) is 11.7 Å². The zero-order chi connectivity index (χ0) is 22.6. The van der Waals surface area contributed by atoms with Crippen LogP contribution in [0.3, 0.4) is 0 Å². The summed E-state index contributed by atoms with van der Waals surface area (Å²) in [5.41, 5.74) is 3.28. The number of likely N-dealkylation sites (N-methyl/N-ethyl adjacent to an activating group) is 1. The Kier molecular flexibility index (Phi) is 7.01. The van der Waals surface area contributed by atoms with Crippen LogP contribution in [0.5, 0.6) is 0 Å². The molecule has 0 aliphatic rings. The topological polar surface area (TPSA) is 51.0 Å². The van der Waals surface area contributed by atoms with Crippen LogP contribution in [-0.4, -0.2) is 39.7 Å².